The number of thioether (sulfide) groups is 1. The maximum atomic E-state index is 3.35. The lowest BCUT2D eigenvalue weighted by atomic mass is 10.2. The van der Waals surface area contributed by atoms with Crippen LogP contribution in [0.3, 0.4) is 0 Å². The van der Waals surface area contributed by atoms with E-state index in [1.807, 2.05) is 0 Å². The fraction of sp³-hybridized carbons (Fsp3) is 0.571. The molecule has 1 aromatic carbocycles. The van der Waals surface area contributed by atoms with E-state index in [2.05, 4.69) is 48.3 Å². The van der Waals surface area contributed by atoms with Crippen LogP contribution in [0.4, 0.5) is 0 Å². The minimum absolute atomic E-state index is 0.875. The third-order valence-corrected chi connectivity index (χ3v) is 4.46. The lowest BCUT2D eigenvalue weighted by Crippen LogP contribution is -2.11. The standard InChI is InChI=1S/C14H21NS/c1-2-15-11-12-7-9-14(10-8-12)16-13-5-3-4-6-13/h7-10,13,15H,2-6,11H2,1H3. The molecule has 1 aromatic rings. The lowest BCUT2D eigenvalue weighted by molar-refractivity contribution is 0.726. The molecule has 0 unspecified atom stereocenters. The van der Waals surface area contributed by atoms with Gasteiger partial charge < -0.3 is 5.32 Å². The Hall–Kier alpha value is -0.470. The highest BCUT2D eigenvalue weighted by Crippen LogP contribution is 2.34. The normalized spacial score (nSPS) is 16.8. The summed E-state index contributed by atoms with van der Waals surface area (Å²) in [4.78, 5) is 1.44. The minimum Gasteiger partial charge on any atom is -0.313 e. The molecule has 0 heterocycles. The van der Waals surface area contributed by atoms with E-state index >= 15 is 0 Å². The second-order valence-corrected chi connectivity index (χ2v) is 5.82. The number of hydrogen-bond acceptors (Lipinski definition) is 2. The lowest BCUT2D eigenvalue weighted by Gasteiger charge is -2.09. The molecule has 0 radical (unpaired) electrons. The molecule has 1 aliphatic carbocycles. The van der Waals surface area contributed by atoms with E-state index in [-0.39, 0.29) is 0 Å². The monoisotopic (exact) mass is 235 g/mol. The molecule has 16 heavy (non-hydrogen) atoms. The van der Waals surface area contributed by atoms with Crippen LogP contribution in [0, 0.1) is 0 Å². The zero-order valence-electron chi connectivity index (χ0n) is 10.0. The summed E-state index contributed by atoms with van der Waals surface area (Å²) < 4.78 is 0. The third-order valence-electron chi connectivity index (χ3n) is 3.11. The highest BCUT2D eigenvalue weighted by atomic mass is 32.2. The van der Waals surface area contributed by atoms with Crippen molar-refractivity contribution in [1.29, 1.82) is 0 Å². The number of rotatable bonds is 5. The van der Waals surface area contributed by atoms with Crippen molar-refractivity contribution in [2.45, 2.75) is 49.3 Å². The number of benzene rings is 1. The van der Waals surface area contributed by atoms with Crippen molar-refractivity contribution >= 4 is 11.8 Å². The van der Waals surface area contributed by atoms with Gasteiger partial charge in [-0.15, -0.1) is 11.8 Å². The predicted octanol–water partition coefficient (Wildman–Crippen LogP) is 3.83. The van der Waals surface area contributed by atoms with Crippen LogP contribution in [0.25, 0.3) is 0 Å². The molecular weight excluding hydrogens is 214 g/mol. The summed E-state index contributed by atoms with van der Waals surface area (Å²) in [7, 11) is 0. The Labute approximate surface area is 103 Å². The van der Waals surface area contributed by atoms with Crippen LogP contribution in [-0.4, -0.2) is 11.8 Å². The van der Waals surface area contributed by atoms with E-state index in [0.29, 0.717) is 0 Å². The van der Waals surface area contributed by atoms with Crippen molar-refractivity contribution in [1.82, 2.24) is 5.32 Å². The van der Waals surface area contributed by atoms with Crippen molar-refractivity contribution in [3.63, 3.8) is 0 Å². The number of nitrogens with one attached hydrogen (secondary N) is 1. The van der Waals surface area contributed by atoms with Crippen LogP contribution in [0.5, 0.6) is 0 Å². The van der Waals surface area contributed by atoms with Crippen LogP contribution >= 0.6 is 11.8 Å². The fourth-order valence-electron chi connectivity index (χ4n) is 2.15. The molecule has 2 rings (SSSR count). The summed E-state index contributed by atoms with van der Waals surface area (Å²) >= 11 is 2.06. The van der Waals surface area contributed by atoms with Crippen LogP contribution < -0.4 is 5.32 Å². The average molecular weight is 235 g/mol. The molecule has 1 nitrogen and oxygen atoms in total. The Kier molecular flexibility index (Phi) is 4.73. The highest BCUT2D eigenvalue weighted by molar-refractivity contribution is 8.00. The fourth-order valence-corrected chi connectivity index (χ4v) is 3.40. The zero-order chi connectivity index (χ0) is 11.2. The van der Waals surface area contributed by atoms with Gasteiger partial charge >= 0.3 is 0 Å². The molecule has 0 aliphatic heterocycles. The van der Waals surface area contributed by atoms with Crippen molar-refractivity contribution in [2.75, 3.05) is 6.54 Å². The first-order valence-electron chi connectivity index (χ1n) is 6.35. The van der Waals surface area contributed by atoms with Gasteiger partial charge in [0.2, 0.25) is 0 Å². The molecular formula is C14H21NS. The van der Waals surface area contributed by atoms with Gasteiger partial charge in [0.25, 0.3) is 0 Å². The summed E-state index contributed by atoms with van der Waals surface area (Å²) in [6.07, 6.45) is 5.67. The van der Waals surface area contributed by atoms with Gasteiger partial charge in [0.1, 0.15) is 0 Å². The van der Waals surface area contributed by atoms with Gasteiger partial charge in [0.05, 0.1) is 0 Å². The highest BCUT2D eigenvalue weighted by Gasteiger charge is 2.15. The van der Waals surface area contributed by atoms with Crippen LogP contribution in [0.1, 0.15) is 38.2 Å². The van der Waals surface area contributed by atoms with Crippen LogP contribution in [0.2, 0.25) is 0 Å². The molecule has 1 fully saturated rings. The SMILES string of the molecule is CCNCc1ccc(SC2CCCC2)cc1. The van der Waals surface area contributed by atoms with Gasteiger partial charge in [0.15, 0.2) is 0 Å². The van der Waals surface area contributed by atoms with E-state index in [1.54, 1.807) is 0 Å². The van der Waals surface area contributed by atoms with Gasteiger partial charge in [-0.2, -0.15) is 0 Å². The van der Waals surface area contributed by atoms with Crippen molar-refractivity contribution in [3.05, 3.63) is 29.8 Å². The summed E-state index contributed by atoms with van der Waals surface area (Å²) in [5.41, 5.74) is 1.39. The predicted molar refractivity (Wildman–Crippen MR) is 71.9 cm³/mol. The first kappa shape index (κ1) is 12.0. The second kappa shape index (κ2) is 6.31. The minimum atomic E-state index is 0.875. The molecule has 1 N–H and O–H groups in total. The Balaban J connectivity index is 1.86. The molecule has 2 heteroatoms. The molecule has 1 saturated carbocycles. The summed E-state index contributed by atoms with van der Waals surface area (Å²) in [6.45, 7) is 4.17. The Morgan fingerprint density at radius 3 is 2.50 bits per heavy atom. The zero-order valence-corrected chi connectivity index (χ0v) is 10.9. The van der Waals surface area contributed by atoms with Crippen molar-refractivity contribution in [2.24, 2.45) is 0 Å². The van der Waals surface area contributed by atoms with Gasteiger partial charge in [-0.25, -0.2) is 0 Å². The van der Waals surface area contributed by atoms with Crippen LogP contribution in [0.15, 0.2) is 29.2 Å². The molecule has 0 amide bonds. The van der Waals surface area contributed by atoms with E-state index in [0.717, 1.165) is 18.3 Å². The maximum Gasteiger partial charge on any atom is 0.0205 e. The van der Waals surface area contributed by atoms with E-state index in [4.69, 9.17) is 0 Å². The average Bonchev–Trinajstić information content (AvgIpc) is 2.81. The quantitative estimate of drug-likeness (QED) is 0.832. The maximum absolute atomic E-state index is 3.35. The van der Waals surface area contributed by atoms with Gasteiger partial charge in [-0.3, -0.25) is 0 Å². The van der Waals surface area contributed by atoms with E-state index < -0.39 is 0 Å². The summed E-state index contributed by atoms with van der Waals surface area (Å²) in [5, 5.41) is 4.22. The Morgan fingerprint density at radius 1 is 1.19 bits per heavy atom. The molecule has 0 aromatic heterocycles. The number of hydrogen-bond donors (Lipinski definition) is 1. The van der Waals surface area contributed by atoms with Crippen molar-refractivity contribution in [3.8, 4) is 0 Å². The van der Waals surface area contributed by atoms with Crippen molar-refractivity contribution < 1.29 is 0 Å². The summed E-state index contributed by atoms with van der Waals surface area (Å²) in [5.74, 6) is 0. The second-order valence-electron chi connectivity index (χ2n) is 4.45. The first-order valence-corrected chi connectivity index (χ1v) is 7.23. The molecule has 0 atom stereocenters. The Bertz CT molecular complexity index is 301. The van der Waals surface area contributed by atoms with E-state index in [1.165, 1.54) is 36.1 Å². The Morgan fingerprint density at radius 2 is 1.88 bits per heavy atom. The summed E-state index contributed by atoms with van der Waals surface area (Å²) in [6, 6.07) is 9.05. The van der Waals surface area contributed by atoms with E-state index in [9.17, 15) is 0 Å². The van der Waals surface area contributed by atoms with Gasteiger partial charge in [-0.1, -0.05) is 31.9 Å². The third kappa shape index (κ3) is 3.53. The van der Waals surface area contributed by atoms with Gasteiger partial charge in [0, 0.05) is 16.7 Å². The molecule has 1 aliphatic rings. The topological polar surface area (TPSA) is 12.0 Å². The molecule has 88 valence electrons. The molecule has 0 spiro atoms. The van der Waals surface area contributed by atoms with Gasteiger partial charge in [-0.05, 0) is 37.1 Å². The first-order chi connectivity index (χ1) is 7.88. The van der Waals surface area contributed by atoms with Crippen LogP contribution in [-0.2, 0) is 6.54 Å². The largest absolute Gasteiger partial charge is 0.313 e. The molecule has 0 bridgehead atoms. The molecule has 0 saturated heterocycles. The smallest absolute Gasteiger partial charge is 0.0205 e.